The van der Waals surface area contributed by atoms with Crippen molar-refractivity contribution in [3.8, 4) is 0 Å². The molecule has 5 heteroatoms. The van der Waals surface area contributed by atoms with Crippen LogP contribution in [0.15, 0.2) is 54.6 Å². The molecule has 1 fully saturated rings. The summed E-state index contributed by atoms with van der Waals surface area (Å²) >= 11 is 0. The number of nitrogens with one attached hydrogen (secondary N) is 3. The number of anilines is 3. The summed E-state index contributed by atoms with van der Waals surface area (Å²) < 4.78 is 0. The van der Waals surface area contributed by atoms with E-state index in [9.17, 15) is 4.79 Å². The molecule has 2 aromatic rings. The lowest BCUT2D eigenvalue weighted by Gasteiger charge is -2.28. The molecule has 0 saturated carbocycles. The average Bonchev–Trinajstić information content (AvgIpc) is 2.65. The van der Waals surface area contributed by atoms with E-state index in [0.717, 1.165) is 30.2 Å². The van der Waals surface area contributed by atoms with E-state index in [1.165, 1.54) is 12.8 Å². The van der Waals surface area contributed by atoms with Gasteiger partial charge >= 0.3 is 0 Å². The van der Waals surface area contributed by atoms with Gasteiger partial charge in [-0.2, -0.15) is 0 Å². The second-order valence-electron chi connectivity index (χ2n) is 6.90. The normalized spacial score (nSPS) is 17.7. The van der Waals surface area contributed by atoms with E-state index in [4.69, 9.17) is 0 Å². The zero-order chi connectivity index (χ0) is 17.5. The molecule has 2 atom stereocenters. The molecule has 2 unspecified atom stereocenters. The van der Waals surface area contributed by atoms with Crippen molar-refractivity contribution < 1.29 is 4.79 Å². The van der Waals surface area contributed by atoms with Gasteiger partial charge in [-0.05, 0) is 74.2 Å². The summed E-state index contributed by atoms with van der Waals surface area (Å²) in [4.78, 5) is 12.3. The van der Waals surface area contributed by atoms with Crippen LogP contribution >= 0.6 is 12.4 Å². The summed E-state index contributed by atoms with van der Waals surface area (Å²) in [5.41, 5.74) is 2.90. The van der Waals surface area contributed by atoms with E-state index in [2.05, 4.69) is 22.9 Å². The Hall–Kier alpha value is -2.04. The Balaban J connectivity index is 0.00000243. The fourth-order valence-corrected chi connectivity index (χ4v) is 3.36. The number of para-hydroxylation sites is 1. The lowest BCUT2D eigenvalue weighted by atomic mass is 9.85. The third-order valence-corrected chi connectivity index (χ3v) is 4.88. The number of rotatable bonds is 6. The third kappa shape index (κ3) is 6.04. The summed E-state index contributed by atoms with van der Waals surface area (Å²) in [6, 6.07) is 17.9. The maximum atomic E-state index is 12.3. The quantitative estimate of drug-likeness (QED) is 0.680. The van der Waals surface area contributed by atoms with Crippen molar-refractivity contribution in [3.05, 3.63) is 54.6 Å². The van der Waals surface area contributed by atoms with Crippen LogP contribution < -0.4 is 16.0 Å². The highest BCUT2D eigenvalue weighted by Gasteiger charge is 2.21. The van der Waals surface area contributed by atoms with Crippen molar-refractivity contribution >= 4 is 35.4 Å². The first kappa shape index (κ1) is 20.3. The Morgan fingerprint density at radius 3 is 2.38 bits per heavy atom. The van der Waals surface area contributed by atoms with E-state index in [1.807, 2.05) is 54.6 Å². The second-order valence-corrected chi connectivity index (χ2v) is 6.90. The van der Waals surface area contributed by atoms with Crippen LogP contribution in [0.2, 0.25) is 0 Å². The Kier molecular flexibility index (Phi) is 7.95. The lowest BCUT2D eigenvalue weighted by molar-refractivity contribution is -0.117. The van der Waals surface area contributed by atoms with Gasteiger partial charge in [0.05, 0.1) is 0 Å². The smallest absolute Gasteiger partial charge is 0.224 e. The minimum Gasteiger partial charge on any atom is -0.356 e. The van der Waals surface area contributed by atoms with E-state index < -0.39 is 0 Å². The first-order valence-electron chi connectivity index (χ1n) is 9.13. The van der Waals surface area contributed by atoms with Crippen molar-refractivity contribution in [2.45, 2.75) is 26.2 Å². The van der Waals surface area contributed by atoms with E-state index >= 15 is 0 Å². The molecule has 0 radical (unpaired) electrons. The van der Waals surface area contributed by atoms with Crippen molar-refractivity contribution in [2.75, 3.05) is 23.7 Å². The number of carbonyl (C=O) groups is 1. The standard InChI is InChI=1S/C21H27N3O.ClH/c1-16(17-6-5-13-22-15-17)14-21(25)24-20-11-9-19(10-12-20)23-18-7-3-2-4-8-18;/h2-4,7-12,16-17,22-23H,5-6,13-15H2,1H3,(H,24,25);1H. The molecule has 3 rings (SSSR count). The molecule has 4 nitrogen and oxygen atoms in total. The molecular formula is C21H28ClN3O. The summed E-state index contributed by atoms with van der Waals surface area (Å²) in [6.07, 6.45) is 3.02. The predicted octanol–water partition coefficient (Wildman–Crippen LogP) is 4.82. The topological polar surface area (TPSA) is 53.2 Å². The van der Waals surface area contributed by atoms with Gasteiger partial charge in [-0.3, -0.25) is 4.79 Å². The highest BCUT2D eigenvalue weighted by atomic mass is 35.5. The summed E-state index contributed by atoms with van der Waals surface area (Å²) in [7, 11) is 0. The zero-order valence-corrected chi connectivity index (χ0v) is 16.0. The zero-order valence-electron chi connectivity index (χ0n) is 15.2. The number of hydrogen-bond acceptors (Lipinski definition) is 3. The Bertz CT molecular complexity index is 669. The van der Waals surface area contributed by atoms with Crippen LogP contribution in [0.1, 0.15) is 26.2 Å². The third-order valence-electron chi connectivity index (χ3n) is 4.88. The molecule has 2 aromatic carbocycles. The van der Waals surface area contributed by atoms with Gasteiger partial charge in [-0.25, -0.2) is 0 Å². The average molecular weight is 374 g/mol. The molecule has 3 N–H and O–H groups in total. The summed E-state index contributed by atoms with van der Waals surface area (Å²) in [5, 5.41) is 9.78. The molecule has 140 valence electrons. The maximum absolute atomic E-state index is 12.3. The van der Waals surface area contributed by atoms with Crippen molar-refractivity contribution in [3.63, 3.8) is 0 Å². The maximum Gasteiger partial charge on any atom is 0.224 e. The van der Waals surface area contributed by atoms with Crippen LogP contribution in [0.3, 0.4) is 0 Å². The first-order chi connectivity index (χ1) is 12.2. The largest absolute Gasteiger partial charge is 0.356 e. The van der Waals surface area contributed by atoms with Crippen molar-refractivity contribution in [2.24, 2.45) is 11.8 Å². The second kappa shape index (κ2) is 10.2. The highest BCUT2D eigenvalue weighted by molar-refractivity contribution is 5.91. The van der Waals surface area contributed by atoms with Crippen LogP contribution in [0.25, 0.3) is 0 Å². The van der Waals surface area contributed by atoms with Gasteiger partial charge < -0.3 is 16.0 Å². The highest BCUT2D eigenvalue weighted by Crippen LogP contribution is 2.23. The van der Waals surface area contributed by atoms with E-state index in [0.29, 0.717) is 18.3 Å². The molecule has 1 amide bonds. The first-order valence-corrected chi connectivity index (χ1v) is 9.13. The molecule has 1 saturated heterocycles. The monoisotopic (exact) mass is 373 g/mol. The predicted molar refractivity (Wildman–Crippen MR) is 111 cm³/mol. The molecule has 0 aromatic heterocycles. The molecule has 0 bridgehead atoms. The van der Waals surface area contributed by atoms with Gasteiger partial charge in [0, 0.05) is 23.5 Å². The lowest BCUT2D eigenvalue weighted by Crippen LogP contribution is -2.34. The van der Waals surface area contributed by atoms with Gasteiger partial charge in [0.25, 0.3) is 0 Å². The van der Waals surface area contributed by atoms with Gasteiger partial charge in [-0.1, -0.05) is 25.1 Å². The van der Waals surface area contributed by atoms with Gasteiger partial charge in [0.1, 0.15) is 0 Å². The minimum atomic E-state index is 0. The molecule has 0 aliphatic carbocycles. The van der Waals surface area contributed by atoms with Crippen LogP contribution in [-0.2, 0) is 4.79 Å². The van der Waals surface area contributed by atoms with Gasteiger partial charge in [0.2, 0.25) is 5.91 Å². The van der Waals surface area contributed by atoms with Crippen LogP contribution in [-0.4, -0.2) is 19.0 Å². The Labute approximate surface area is 162 Å². The number of piperidine rings is 1. The Morgan fingerprint density at radius 1 is 1.08 bits per heavy atom. The van der Waals surface area contributed by atoms with Crippen LogP contribution in [0.4, 0.5) is 17.1 Å². The Morgan fingerprint density at radius 2 is 1.73 bits per heavy atom. The molecular weight excluding hydrogens is 346 g/mol. The van der Waals surface area contributed by atoms with Crippen molar-refractivity contribution in [1.82, 2.24) is 5.32 Å². The van der Waals surface area contributed by atoms with Crippen LogP contribution in [0, 0.1) is 11.8 Å². The number of halogens is 1. The molecule has 1 heterocycles. The number of carbonyl (C=O) groups excluding carboxylic acids is 1. The van der Waals surface area contributed by atoms with Gasteiger partial charge in [0.15, 0.2) is 0 Å². The molecule has 1 aliphatic rings. The van der Waals surface area contributed by atoms with Gasteiger partial charge in [-0.15, -0.1) is 12.4 Å². The summed E-state index contributed by atoms with van der Waals surface area (Å²) in [6.45, 7) is 4.33. The fourth-order valence-electron chi connectivity index (χ4n) is 3.36. The number of hydrogen-bond donors (Lipinski definition) is 3. The summed E-state index contributed by atoms with van der Waals surface area (Å²) in [5.74, 6) is 1.12. The van der Waals surface area contributed by atoms with E-state index in [1.54, 1.807) is 0 Å². The molecule has 1 aliphatic heterocycles. The van der Waals surface area contributed by atoms with E-state index in [-0.39, 0.29) is 18.3 Å². The number of benzene rings is 2. The molecule has 26 heavy (non-hydrogen) atoms. The van der Waals surface area contributed by atoms with Crippen molar-refractivity contribution in [1.29, 1.82) is 0 Å². The fraction of sp³-hybridized carbons (Fsp3) is 0.381. The number of amides is 1. The molecule has 0 spiro atoms. The minimum absolute atomic E-state index is 0. The SMILES string of the molecule is CC(CC(=O)Nc1ccc(Nc2ccccc2)cc1)C1CCCNC1.Cl. The van der Waals surface area contributed by atoms with Crippen LogP contribution in [0.5, 0.6) is 0 Å².